The molecule has 28 heavy (non-hydrogen) atoms. The van der Waals surface area contributed by atoms with Gasteiger partial charge < -0.3 is 16.0 Å². The molecule has 7 nitrogen and oxygen atoms in total. The number of amides is 1. The first-order chi connectivity index (χ1) is 12.9. The topological polar surface area (TPSA) is 83.3 Å². The smallest absolute Gasteiger partial charge is 0.220 e. The highest BCUT2D eigenvalue weighted by Crippen LogP contribution is 2.27. The molecule has 0 saturated heterocycles. The number of halogens is 1. The molecule has 160 valence electrons. The SMILES string of the molecule is CN=C(NCCNC(=O)CC1CCCC1)NC(C)Cc1c(C)nn(C)c1C.I. The first-order valence-corrected chi connectivity index (χ1v) is 10.1. The van der Waals surface area contributed by atoms with Crippen molar-refractivity contribution in [3.05, 3.63) is 17.0 Å². The number of aryl methyl sites for hydroxylation is 2. The minimum atomic E-state index is 0. The van der Waals surface area contributed by atoms with Crippen LogP contribution in [0.5, 0.6) is 0 Å². The van der Waals surface area contributed by atoms with Gasteiger partial charge in [-0.1, -0.05) is 12.8 Å². The van der Waals surface area contributed by atoms with Gasteiger partial charge in [-0.2, -0.15) is 5.10 Å². The molecule has 1 atom stereocenters. The molecule has 0 radical (unpaired) electrons. The van der Waals surface area contributed by atoms with E-state index in [1.807, 2.05) is 11.7 Å². The summed E-state index contributed by atoms with van der Waals surface area (Å²) in [5, 5.41) is 14.2. The Kier molecular flexibility index (Phi) is 10.8. The van der Waals surface area contributed by atoms with E-state index in [-0.39, 0.29) is 35.9 Å². The van der Waals surface area contributed by atoms with Gasteiger partial charge in [0.1, 0.15) is 0 Å². The maximum atomic E-state index is 12.0. The van der Waals surface area contributed by atoms with E-state index in [9.17, 15) is 4.79 Å². The first kappa shape index (κ1) is 24.7. The molecular formula is C20H37IN6O. The average Bonchev–Trinajstić information content (AvgIpc) is 3.21. The van der Waals surface area contributed by atoms with Gasteiger partial charge in [0.05, 0.1) is 5.69 Å². The standard InChI is InChI=1S/C20H36N6O.HI/c1-14(12-18-15(2)25-26(5)16(18)3)24-20(21-4)23-11-10-22-19(27)13-17-8-6-7-9-17;/h14,17H,6-13H2,1-5H3,(H,22,27)(H2,21,23,24);1H. The molecule has 1 amide bonds. The number of rotatable bonds is 8. The number of aromatic nitrogens is 2. The Hall–Kier alpha value is -1.32. The van der Waals surface area contributed by atoms with Crippen molar-refractivity contribution in [3.8, 4) is 0 Å². The number of hydrogen-bond acceptors (Lipinski definition) is 3. The van der Waals surface area contributed by atoms with Crippen LogP contribution in [-0.4, -0.2) is 47.8 Å². The number of carbonyl (C=O) groups excluding carboxylic acids is 1. The van der Waals surface area contributed by atoms with Crippen molar-refractivity contribution in [3.63, 3.8) is 0 Å². The molecule has 1 unspecified atom stereocenters. The molecule has 3 N–H and O–H groups in total. The lowest BCUT2D eigenvalue weighted by Crippen LogP contribution is -2.45. The summed E-state index contributed by atoms with van der Waals surface area (Å²) in [6, 6.07) is 0.231. The van der Waals surface area contributed by atoms with Crippen molar-refractivity contribution in [2.45, 2.75) is 65.3 Å². The van der Waals surface area contributed by atoms with Crippen LogP contribution < -0.4 is 16.0 Å². The van der Waals surface area contributed by atoms with E-state index in [2.05, 4.69) is 46.8 Å². The molecular weight excluding hydrogens is 467 g/mol. The van der Waals surface area contributed by atoms with Gasteiger partial charge in [0.25, 0.3) is 0 Å². The average molecular weight is 504 g/mol. The van der Waals surface area contributed by atoms with Crippen LogP contribution in [0.3, 0.4) is 0 Å². The van der Waals surface area contributed by atoms with E-state index in [1.54, 1.807) is 7.05 Å². The quantitative estimate of drug-likeness (QED) is 0.220. The zero-order valence-corrected chi connectivity index (χ0v) is 20.3. The number of hydrogen-bond donors (Lipinski definition) is 3. The second-order valence-corrected chi connectivity index (χ2v) is 7.73. The molecule has 1 saturated carbocycles. The van der Waals surface area contributed by atoms with Crippen LogP contribution in [0.4, 0.5) is 0 Å². The van der Waals surface area contributed by atoms with Gasteiger partial charge in [0.15, 0.2) is 5.96 Å². The fourth-order valence-corrected chi connectivity index (χ4v) is 3.83. The Morgan fingerprint density at radius 1 is 1.25 bits per heavy atom. The fourth-order valence-electron chi connectivity index (χ4n) is 3.83. The third-order valence-electron chi connectivity index (χ3n) is 5.46. The van der Waals surface area contributed by atoms with Gasteiger partial charge in [-0.25, -0.2) is 0 Å². The van der Waals surface area contributed by atoms with E-state index in [4.69, 9.17) is 0 Å². The third kappa shape index (κ3) is 7.60. The lowest BCUT2D eigenvalue weighted by molar-refractivity contribution is -0.121. The van der Waals surface area contributed by atoms with Crippen LogP contribution in [0.25, 0.3) is 0 Å². The Morgan fingerprint density at radius 3 is 2.46 bits per heavy atom. The van der Waals surface area contributed by atoms with E-state index < -0.39 is 0 Å². The van der Waals surface area contributed by atoms with E-state index in [0.29, 0.717) is 25.4 Å². The van der Waals surface area contributed by atoms with Gasteiger partial charge in [0.2, 0.25) is 5.91 Å². The van der Waals surface area contributed by atoms with Crippen LogP contribution in [0, 0.1) is 19.8 Å². The van der Waals surface area contributed by atoms with E-state index >= 15 is 0 Å². The fraction of sp³-hybridized carbons (Fsp3) is 0.750. The summed E-state index contributed by atoms with van der Waals surface area (Å²) in [6.45, 7) is 7.57. The predicted octanol–water partition coefficient (Wildman–Crippen LogP) is 2.45. The zero-order chi connectivity index (χ0) is 19.8. The van der Waals surface area contributed by atoms with Crippen molar-refractivity contribution < 1.29 is 4.79 Å². The number of guanidine groups is 1. The lowest BCUT2D eigenvalue weighted by Gasteiger charge is -2.18. The number of carbonyl (C=O) groups is 1. The monoisotopic (exact) mass is 504 g/mol. The second kappa shape index (κ2) is 12.3. The molecule has 1 aliphatic rings. The maximum absolute atomic E-state index is 12.0. The van der Waals surface area contributed by atoms with Crippen molar-refractivity contribution in [1.82, 2.24) is 25.7 Å². The summed E-state index contributed by atoms with van der Waals surface area (Å²) >= 11 is 0. The molecule has 0 aliphatic heterocycles. The molecule has 0 bridgehead atoms. The Labute approximate surface area is 186 Å². The van der Waals surface area contributed by atoms with Gasteiger partial charge in [0, 0.05) is 45.3 Å². The Bertz CT molecular complexity index is 651. The molecule has 1 aromatic rings. The van der Waals surface area contributed by atoms with Crippen molar-refractivity contribution in [2.75, 3.05) is 20.1 Å². The molecule has 2 rings (SSSR count). The first-order valence-electron chi connectivity index (χ1n) is 10.1. The van der Waals surface area contributed by atoms with Gasteiger partial charge in [-0.3, -0.25) is 14.5 Å². The van der Waals surface area contributed by atoms with Gasteiger partial charge in [-0.05, 0) is 51.5 Å². The highest BCUT2D eigenvalue weighted by molar-refractivity contribution is 14.0. The molecule has 0 spiro atoms. The minimum Gasteiger partial charge on any atom is -0.355 e. The normalized spacial score (nSPS) is 15.8. The largest absolute Gasteiger partial charge is 0.355 e. The Balaban J connectivity index is 0.00000392. The highest BCUT2D eigenvalue weighted by Gasteiger charge is 2.18. The van der Waals surface area contributed by atoms with Gasteiger partial charge >= 0.3 is 0 Å². The van der Waals surface area contributed by atoms with Crippen LogP contribution in [0.1, 0.15) is 56.0 Å². The number of aliphatic imine (C=N–C) groups is 1. The molecule has 1 aliphatic carbocycles. The van der Waals surface area contributed by atoms with Gasteiger partial charge in [-0.15, -0.1) is 24.0 Å². The summed E-state index contributed by atoms with van der Waals surface area (Å²) in [5.41, 5.74) is 3.57. The van der Waals surface area contributed by atoms with Crippen LogP contribution in [0.2, 0.25) is 0 Å². The molecule has 1 heterocycles. The minimum absolute atomic E-state index is 0. The molecule has 0 aromatic carbocycles. The number of nitrogens with one attached hydrogen (secondary N) is 3. The summed E-state index contributed by atoms with van der Waals surface area (Å²) < 4.78 is 1.93. The van der Waals surface area contributed by atoms with Crippen LogP contribution in [-0.2, 0) is 18.3 Å². The molecule has 1 aromatic heterocycles. The summed E-state index contributed by atoms with van der Waals surface area (Å²) in [5.74, 6) is 1.52. The zero-order valence-electron chi connectivity index (χ0n) is 18.0. The van der Waals surface area contributed by atoms with Crippen molar-refractivity contribution in [2.24, 2.45) is 18.0 Å². The van der Waals surface area contributed by atoms with Crippen LogP contribution >= 0.6 is 24.0 Å². The predicted molar refractivity (Wildman–Crippen MR) is 125 cm³/mol. The second-order valence-electron chi connectivity index (χ2n) is 7.73. The maximum Gasteiger partial charge on any atom is 0.220 e. The van der Waals surface area contributed by atoms with Crippen molar-refractivity contribution in [1.29, 1.82) is 0 Å². The lowest BCUT2D eigenvalue weighted by atomic mass is 10.0. The Morgan fingerprint density at radius 2 is 1.89 bits per heavy atom. The number of nitrogens with zero attached hydrogens (tertiary/aromatic N) is 3. The highest BCUT2D eigenvalue weighted by atomic mass is 127. The van der Waals surface area contributed by atoms with Crippen molar-refractivity contribution >= 4 is 35.8 Å². The summed E-state index contributed by atoms with van der Waals surface area (Å²) in [6.07, 6.45) is 6.53. The van der Waals surface area contributed by atoms with E-state index in [0.717, 1.165) is 18.1 Å². The molecule has 1 fully saturated rings. The molecule has 8 heteroatoms. The van der Waals surface area contributed by atoms with E-state index in [1.165, 1.54) is 36.9 Å². The summed E-state index contributed by atoms with van der Waals surface area (Å²) in [7, 11) is 3.74. The summed E-state index contributed by atoms with van der Waals surface area (Å²) in [4.78, 5) is 16.2. The van der Waals surface area contributed by atoms with Crippen LogP contribution in [0.15, 0.2) is 4.99 Å². The third-order valence-corrected chi connectivity index (χ3v) is 5.46.